The molecule has 3 atom stereocenters. The first-order valence-corrected chi connectivity index (χ1v) is 15.9. The molecule has 2 saturated heterocycles. The fourth-order valence-electron chi connectivity index (χ4n) is 5.37. The number of likely N-dealkylation sites (tertiary alicyclic amines) is 1. The first-order valence-electron chi connectivity index (χ1n) is 13.7. The normalized spacial score (nSPS) is 20.8. The number of rotatable bonds is 11. The van der Waals surface area contributed by atoms with Gasteiger partial charge in [-0.2, -0.15) is 4.31 Å². The standard InChI is InChI=1S/C28H34Cl2F2N4O4S/c1-2-3-7-35-16-19(12-27(35)37)28(38)34-23(11-18-9-21(31)14-22(32)10-18)15-24-17-36(8-6-33-24)41(39,40)26-13-20(29)4-5-25(26)30/h4-5,9-10,13-14,19,23-24,33H,2-3,6-8,11-12,15-17H2,1H3,(H,34,38)/t19?,23?,24-/m0/s1. The lowest BCUT2D eigenvalue weighted by Gasteiger charge is -2.35. The molecule has 2 heterocycles. The maximum absolute atomic E-state index is 14.0. The molecule has 2 amide bonds. The number of nitrogens with zero attached hydrogens (tertiary/aromatic N) is 2. The molecule has 4 rings (SSSR count). The molecule has 2 aliphatic heterocycles. The van der Waals surface area contributed by atoms with Crippen molar-refractivity contribution in [1.29, 1.82) is 0 Å². The van der Waals surface area contributed by atoms with Crippen LogP contribution in [0.4, 0.5) is 8.78 Å². The number of unbranched alkanes of at least 4 members (excludes halogenated alkanes) is 1. The van der Waals surface area contributed by atoms with Crippen LogP contribution in [0.25, 0.3) is 0 Å². The molecule has 41 heavy (non-hydrogen) atoms. The molecular weight excluding hydrogens is 597 g/mol. The molecule has 0 bridgehead atoms. The van der Waals surface area contributed by atoms with E-state index in [1.165, 1.54) is 34.6 Å². The van der Waals surface area contributed by atoms with Crippen molar-refractivity contribution in [1.82, 2.24) is 19.8 Å². The minimum Gasteiger partial charge on any atom is -0.353 e. The summed E-state index contributed by atoms with van der Waals surface area (Å²) in [5, 5.41) is 6.57. The van der Waals surface area contributed by atoms with Crippen LogP contribution < -0.4 is 10.6 Å². The first-order chi connectivity index (χ1) is 19.5. The van der Waals surface area contributed by atoms with Crippen LogP contribution in [0.1, 0.15) is 38.2 Å². The Balaban J connectivity index is 1.50. The van der Waals surface area contributed by atoms with E-state index >= 15 is 0 Å². The Kier molecular flexibility index (Phi) is 10.6. The molecule has 0 radical (unpaired) electrons. The molecule has 2 fully saturated rings. The van der Waals surface area contributed by atoms with Gasteiger partial charge in [0.1, 0.15) is 16.5 Å². The van der Waals surface area contributed by atoms with Gasteiger partial charge in [0.25, 0.3) is 0 Å². The van der Waals surface area contributed by atoms with Gasteiger partial charge in [-0.05, 0) is 55.2 Å². The summed E-state index contributed by atoms with van der Waals surface area (Å²) in [7, 11) is -3.96. The Hall–Kier alpha value is -2.31. The fourth-order valence-corrected chi connectivity index (χ4v) is 7.59. The van der Waals surface area contributed by atoms with Gasteiger partial charge in [-0.1, -0.05) is 36.5 Å². The smallest absolute Gasteiger partial charge is 0.244 e. The molecule has 0 aromatic heterocycles. The van der Waals surface area contributed by atoms with Crippen molar-refractivity contribution >= 4 is 45.0 Å². The van der Waals surface area contributed by atoms with Gasteiger partial charge in [0.2, 0.25) is 21.8 Å². The number of benzene rings is 2. The van der Waals surface area contributed by atoms with E-state index in [2.05, 4.69) is 10.6 Å². The van der Waals surface area contributed by atoms with Crippen molar-refractivity contribution in [3.8, 4) is 0 Å². The molecule has 0 spiro atoms. The van der Waals surface area contributed by atoms with Gasteiger partial charge in [-0.3, -0.25) is 9.59 Å². The summed E-state index contributed by atoms with van der Waals surface area (Å²) in [5.74, 6) is -2.39. The molecule has 2 aliphatic rings. The quantitative estimate of drug-likeness (QED) is 0.391. The third-order valence-corrected chi connectivity index (χ3v) is 10.00. The zero-order chi connectivity index (χ0) is 29.7. The Bertz CT molecular complexity index is 1360. The highest BCUT2D eigenvalue weighted by atomic mass is 35.5. The van der Waals surface area contributed by atoms with Gasteiger partial charge in [0.05, 0.1) is 10.9 Å². The summed E-state index contributed by atoms with van der Waals surface area (Å²) in [6, 6.07) is 6.47. The minimum absolute atomic E-state index is 0.0573. The number of sulfonamides is 1. The van der Waals surface area contributed by atoms with E-state index in [4.69, 9.17) is 23.2 Å². The van der Waals surface area contributed by atoms with Crippen molar-refractivity contribution in [3.63, 3.8) is 0 Å². The number of halogens is 4. The van der Waals surface area contributed by atoms with Crippen LogP contribution in [0.15, 0.2) is 41.3 Å². The van der Waals surface area contributed by atoms with E-state index in [0.29, 0.717) is 25.2 Å². The average molecular weight is 632 g/mol. The summed E-state index contributed by atoms with van der Waals surface area (Å²) in [6.07, 6.45) is 2.27. The highest BCUT2D eigenvalue weighted by Crippen LogP contribution is 2.29. The lowest BCUT2D eigenvalue weighted by molar-refractivity contribution is -0.129. The van der Waals surface area contributed by atoms with Crippen molar-refractivity contribution in [2.24, 2.45) is 5.92 Å². The number of hydrogen-bond acceptors (Lipinski definition) is 5. The summed E-state index contributed by atoms with van der Waals surface area (Å²) in [6.45, 7) is 3.58. The van der Waals surface area contributed by atoms with Crippen LogP contribution in [0.5, 0.6) is 0 Å². The van der Waals surface area contributed by atoms with Gasteiger partial charge in [-0.25, -0.2) is 17.2 Å². The van der Waals surface area contributed by atoms with E-state index in [0.717, 1.165) is 18.9 Å². The molecule has 2 N–H and O–H groups in total. The predicted octanol–water partition coefficient (Wildman–Crippen LogP) is 4.00. The van der Waals surface area contributed by atoms with Gasteiger partial charge in [0, 0.05) is 62.3 Å². The van der Waals surface area contributed by atoms with E-state index < -0.39 is 33.6 Å². The molecule has 2 aromatic carbocycles. The Morgan fingerprint density at radius 1 is 1.15 bits per heavy atom. The van der Waals surface area contributed by atoms with Crippen LogP contribution in [0.3, 0.4) is 0 Å². The van der Waals surface area contributed by atoms with Crippen LogP contribution in [0, 0.1) is 17.6 Å². The number of piperazine rings is 1. The lowest BCUT2D eigenvalue weighted by atomic mass is 9.97. The zero-order valence-corrected chi connectivity index (χ0v) is 25.0. The summed E-state index contributed by atoms with van der Waals surface area (Å²) in [4.78, 5) is 27.3. The number of hydrogen-bond donors (Lipinski definition) is 2. The predicted molar refractivity (Wildman–Crippen MR) is 153 cm³/mol. The van der Waals surface area contributed by atoms with Crippen LogP contribution in [-0.2, 0) is 26.0 Å². The maximum Gasteiger partial charge on any atom is 0.244 e. The zero-order valence-electron chi connectivity index (χ0n) is 22.7. The topological polar surface area (TPSA) is 98.8 Å². The molecular formula is C28H34Cl2F2N4O4S. The number of amides is 2. The SMILES string of the molecule is CCCCN1CC(C(=O)NC(Cc2cc(F)cc(F)c2)C[C@H]2CN(S(=O)(=O)c3cc(Cl)ccc3Cl)CCN2)CC1=O. The molecule has 2 unspecified atom stereocenters. The molecule has 0 saturated carbocycles. The number of carbonyl (C=O) groups excluding carboxylic acids is 2. The second-order valence-electron chi connectivity index (χ2n) is 10.6. The second kappa shape index (κ2) is 13.8. The largest absolute Gasteiger partial charge is 0.353 e. The summed E-state index contributed by atoms with van der Waals surface area (Å²) in [5.41, 5.74) is 0.353. The second-order valence-corrected chi connectivity index (χ2v) is 13.4. The van der Waals surface area contributed by atoms with E-state index in [9.17, 15) is 26.8 Å². The van der Waals surface area contributed by atoms with Gasteiger partial charge in [-0.15, -0.1) is 0 Å². The van der Waals surface area contributed by atoms with E-state index in [1.54, 1.807) is 4.90 Å². The van der Waals surface area contributed by atoms with Crippen LogP contribution in [-0.4, -0.2) is 74.2 Å². The van der Waals surface area contributed by atoms with E-state index in [1.807, 2.05) is 6.92 Å². The minimum atomic E-state index is -3.96. The molecule has 0 aliphatic carbocycles. The monoisotopic (exact) mass is 630 g/mol. The Labute approximate surface area is 249 Å². The van der Waals surface area contributed by atoms with Crippen LogP contribution in [0.2, 0.25) is 10.0 Å². The Morgan fingerprint density at radius 3 is 2.59 bits per heavy atom. The van der Waals surface area contributed by atoms with E-state index in [-0.39, 0.29) is 65.1 Å². The highest BCUT2D eigenvalue weighted by molar-refractivity contribution is 7.89. The summed E-state index contributed by atoms with van der Waals surface area (Å²) >= 11 is 12.2. The van der Waals surface area contributed by atoms with Gasteiger partial charge in [0.15, 0.2) is 0 Å². The molecule has 8 nitrogen and oxygen atoms in total. The average Bonchev–Trinajstić information content (AvgIpc) is 3.28. The number of nitrogens with one attached hydrogen (secondary N) is 2. The molecule has 224 valence electrons. The first kappa shape index (κ1) is 31.6. The summed E-state index contributed by atoms with van der Waals surface area (Å²) < 4.78 is 56.1. The number of carbonyl (C=O) groups is 2. The van der Waals surface area contributed by atoms with Gasteiger partial charge < -0.3 is 15.5 Å². The highest BCUT2D eigenvalue weighted by Gasteiger charge is 2.36. The van der Waals surface area contributed by atoms with Crippen molar-refractivity contribution < 1.29 is 26.8 Å². The molecule has 13 heteroatoms. The Morgan fingerprint density at radius 2 is 1.88 bits per heavy atom. The third-order valence-electron chi connectivity index (χ3n) is 7.42. The molecule has 2 aromatic rings. The van der Waals surface area contributed by atoms with Gasteiger partial charge >= 0.3 is 0 Å². The van der Waals surface area contributed by atoms with Crippen molar-refractivity contribution in [2.75, 3.05) is 32.7 Å². The van der Waals surface area contributed by atoms with Crippen molar-refractivity contribution in [2.45, 2.75) is 56.0 Å². The lowest BCUT2D eigenvalue weighted by Crippen LogP contribution is -2.55. The van der Waals surface area contributed by atoms with Crippen molar-refractivity contribution in [3.05, 3.63) is 63.6 Å². The fraction of sp³-hybridized carbons (Fsp3) is 0.500. The maximum atomic E-state index is 14.0. The third kappa shape index (κ3) is 8.16. The van der Waals surface area contributed by atoms with Crippen LogP contribution >= 0.6 is 23.2 Å².